The predicted molar refractivity (Wildman–Crippen MR) is 74.1 cm³/mol. The molecule has 2 heterocycles. The maximum atomic E-state index is 13.0. The predicted octanol–water partition coefficient (Wildman–Crippen LogP) is 1.13. The van der Waals surface area contributed by atoms with Gasteiger partial charge in [0.1, 0.15) is 17.6 Å². The van der Waals surface area contributed by atoms with Gasteiger partial charge >= 0.3 is 0 Å². The molecule has 0 bridgehead atoms. The summed E-state index contributed by atoms with van der Waals surface area (Å²) < 4.78 is 18.8. The Morgan fingerprint density at radius 1 is 1.45 bits per heavy atom. The van der Waals surface area contributed by atoms with Crippen molar-refractivity contribution in [1.82, 2.24) is 5.32 Å². The van der Waals surface area contributed by atoms with Gasteiger partial charge in [-0.25, -0.2) is 9.38 Å². The lowest BCUT2D eigenvalue weighted by Gasteiger charge is -2.31. The van der Waals surface area contributed by atoms with Crippen molar-refractivity contribution < 1.29 is 9.13 Å². The van der Waals surface area contributed by atoms with E-state index in [4.69, 9.17) is 16.2 Å². The van der Waals surface area contributed by atoms with Gasteiger partial charge in [-0.1, -0.05) is 19.1 Å². The lowest BCUT2D eigenvalue weighted by Crippen LogP contribution is -2.49. The number of nitrogens with two attached hydrogens (primary N) is 2. The van der Waals surface area contributed by atoms with E-state index in [1.54, 1.807) is 12.1 Å². The smallest absolute Gasteiger partial charge is 0.195 e. The van der Waals surface area contributed by atoms with Gasteiger partial charge in [0.05, 0.1) is 12.3 Å². The average molecular weight is 276 g/mol. The second-order valence-corrected chi connectivity index (χ2v) is 5.03. The van der Waals surface area contributed by atoms with E-state index in [1.165, 1.54) is 12.1 Å². The van der Waals surface area contributed by atoms with Crippen LogP contribution in [-0.4, -0.2) is 18.2 Å². The van der Waals surface area contributed by atoms with E-state index in [0.29, 0.717) is 13.0 Å². The standard InChI is InChI=1S/C14H17FN4O/c1-2-14(17)10-7-20-12(11(10)18-13(16)19-14)8-3-5-9(15)6-4-8/h3-6,12H,2,7,17H2,1H3,(H3,16,18,19). The molecule has 1 aromatic rings. The molecule has 0 spiro atoms. The molecule has 6 heteroatoms. The quantitative estimate of drug-likeness (QED) is 0.756. The van der Waals surface area contributed by atoms with Crippen LogP contribution in [0.3, 0.4) is 0 Å². The number of nitrogens with one attached hydrogen (secondary N) is 1. The molecule has 0 saturated carbocycles. The number of benzene rings is 1. The maximum absolute atomic E-state index is 13.0. The number of nitrogens with zero attached hydrogens (tertiary/aromatic N) is 1. The molecule has 2 atom stereocenters. The molecule has 20 heavy (non-hydrogen) atoms. The van der Waals surface area contributed by atoms with E-state index in [1.807, 2.05) is 6.92 Å². The summed E-state index contributed by atoms with van der Waals surface area (Å²) in [6, 6.07) is 6.22. The molecule has 1 aromatic carbocycles. The topological polar surface area (TPSA) is 85.7 Å². The van der Waals surface area contributed by atoms with E-state index in [0.717, 1.165) is 16.8 Å². The molecule has 5 nitrogen and oxygen atoms in total. The summed E-state index contributed by atoms with van der Waals surface area (Å²) in [7, 11) is 0. The van der Waals surface area contributed by atoms with Crippen LogP contribution in [0.4, 0.5) is 4.39 Å². The van der Waals surface area contributed by atoms with Gasteiger partial charge in [0, 0.05) is 5.57 Å². The van der Waals surface area contributed by atoms with Gasteiger partial charge in [0.25, 0.3) is 0 Å². The van der Waals surface area contributed by atoms with Crippen molar-refractivity contribution >= 4 is 5.96 Å². The Labute approximate surface area is 116 Å². The second kappa shape index (κ2) is 4.57. The van der Waals surface area contributed by atoms with Crippen LogP contribution < -0.4 is 16.8 Å². The van der Waals surface area contributed by atoms with E-state index < -0.39 is 5.66 Å². The molecule has 2 aliphatic heterocycles. The minimum absolute atomic E-state index is 0.277. The fraction of sp³-hybridized carbons (Fsp3) is 0.357. The van der Waals surface area contributed by atoms with Crippen LogP contribution in [0.2, 0.25) is 0 Å². The number of ether oxygens (including phenoxy) is 1. The van der Waals surface area contributed by atoms with Crippen molar-refractivity contribution in [3.05, 3.63) is 46.9 Å². The summed E-state index contributed by atoms with van der Waals surface area (Å²) in [6.45, 7) is 2.35. The maximum Gasteiger partial charge on any atom is 0.195 e. The molecule has 0 amide bonds. The van der Waals surface area contributed by atoms with Crippen molar-refractivity contribution in [2.75, 3.05) is 6.61 Å². The number of rotatable bonds is 2. The van der Waals surface area contributed by atoms with Crippen LogP contribution in [0.25, 0.3) is 0 Å². The summed E-state index contributed by atoms with van der Waals surface area (Å²) in [6.07, 6.45) is 0.322. The van der Waals surface area contributed by atoms with E-state index >= 15 is 0 Å². The molecule has 0 aromatic heterocycles. The Balaban J connectivity index is 2.00. The van der Waals surface area contributed by atoms with Gasteiger partial charge in [-0.3, -0.25) is 0 Å². The van der Waals surface area contributed by atoms with Crippen LogP contribution in [0.5, 0.6) is 0 Å². The molecule has 5 N–H and O–H groups in total. The van der Waals surface area contributed by atoms with Gasteiger partial charge < -0.3 is 21.5 Å². The molecular formula is C14H17FN4O. The van der Waals surface area contributed by atoms with Crippen LogP contribution in [0, 0.1) is 5.82 Å². The van der Waals surface area contributed by atoms with Crippen molar-refractivity contribution in [3.8, 4) is 0 Å². The van der Waals surface area contributed by atoms with Crippen molar-refractivity contribution in [1.29, 1.82) is 0 Å². The first kappa shape index (κ1) is 13.1. The Bertz CT molecular complexity index is 596. The minimum Gasteiger partial charge on any atom is -0.370 e. The highest BCUT2D eigenvalue weighted by Gasteiger charge is 2.41. The Hall–Kier alpha value is -1.92. The summed E-state index contributed by atoms with van der Waals surface area (Å²) >= 11 is 0. The monoisotopic (exact) mass is 276 g/mol. The van der Waals surface area contributed by atoms with E-state index in [2.05, 4.69) is 10.3 Å². The third-order valence-electron chi connectivity index (χ3n) is 3.80. The zero-order valence-electron chi connectivity index (χ0n) is 11.2. The first-order valence-corrected chi connectivity index (χ1v) is 6.55. The Morgan fingerprint density at radius 2 is 2.15 bits per heavy atom. The lowest BCUT2D eigenvalue weighted by molar-refractivity contribution is 0.116. The highest BCUT2D eigenvalue weighted by atomic mass is 19.1. The zero-order valence-corrected chi connectivity index (χ0v) is 11.2. The van der Waals surface area contributed by atoms with Gasteiger partial charge in [-0.2, -0.15) is 0 Å². The molecule has 0 aliphatic carbocycles. The summed E-state index contributed by atoms with van der Waals surface area (Å²) in [5, 5.41) is 3.04. The molecule has 3 rings (SSSR count). The van der Waals surface area contributed by atoms with Gasteiger partial charge in [0.2, 0.25) is 0 Å². The first-order valence-electron chi connectivity index (χ1n) is 6.55. The van der Waals surface area contributed by atoms with Gasteiger partial charge in [0.15, 0.2) is 5.96 Å². The summed E-state index contributed by atoms with van der Waals surface area (Å²) in [5.74, 6) is 0.00562. The second-order valence-electron chi connectivity index (χ2n) is 5.03. The zero-order chi connectivity index (χ0) is 14.3. The van der Waals surface area contributed by atoms with Crippen molar-refractivity contribution in [3.63, 3.8) is 0 Å². The number of halogens is 1. The van der Waals surface area contributed by atoms with Crippen LogP contribution in [0.1, 0.15) is 25.0 Å². The largest absolute Gasteiger partial charge is 0.370 e. The number of hydrogen-bond acceptors (Lipinski definition) is 5. The molecule has 0 radical (unpaired) electrons. The molecule has 2 unspecified atom stereocenters. The summed E-state index contributed by atoms with van der Waals surface area (Å²) in [5.41, 5.74) is 13.9. The third-order valence-corrected chi connectivity index (χ3v) is 3.80. The number of hydrogen-bond donors (Lipinski definition) is 3. The molecule has 0 fully saturated rings. The summed E-state index contributed by atoms with van der Waals surface area (Å²) in [4.78, 5) is 4.28. The lowest BCUT2D eigenvalue weighted by atomic mass is 9.93. The fourth-order valence-electron chi connectivity index (χ4n) is 2.63. The number of aliphatic imine (C=N–C) groups is 1. The first-order chi connectivity index (χ1) is 9.53. The Kier molecular flexibility index (Phi) is 2.99. The van der Waals surface area contributed by atoms with E-state index in [9.17, 15) is 4.39 Å². The van der Waals surface area contributed by atoms with Crippen LogP contribution in [0.15, 0.2) is 40.5 Å². The SMILES string of the molecule is CCC1(N)N=C(N)NC2=C1COC2c1ccc(F)cc1. The minimum atomic E-state index is -0.820. The van der Waals surface area contributed by atoms with Crippen molar-refractivity contribution in [2.24, 2.45) is 16.5 Å². The molecule has 106 valence electrons. The molecule has 0 saturated heterocycles. The third kappa shape index (κ3) is 1.97. The number of guanidine groups is 1. The normalized spacial score (nSPS) is 28.9. The van der Waals surface area contributed by atoms with Crippen LogP contribution >= 0.6 is 0 Å². The molecule has 2 aliphatic rings. The van der Waals surface area contributed by atoms with E-state index in [-0.39, 0.29) is 17.9 Å². The highest BCUT2D eigenvalue weighted by Crippen LogP contribution is 2.39. The van der Waals surface area contributed by atoms with Crippen LogP contribution in [-0.2, 0) is 4.74 Å². The van der Waals surface area contributed by atoms with Gasteiger partial charge in [-0.05, 0) is 24.1 Å². The highest BCUT2D eigenvalue weighted by molar-refractivity contribution is 5.82. The fourth-order valence-corrected chi connectivity index (χ4v) is 2.63. The average Bonchev–Trinajstić information content (AvgIpc) is 2.84. The molecular weight excluding hydrogens is 259 g/mol. The Morgan fingerprint density at radius 3 is 2.80 bits per heavy atom. The van der Waals surface area contributed by atoms with Crippen molar-refractivity contribution in [2.45, 2.75) is 25.1 Å². The van der Waals surface area contributed by atoms with Gasteiger partial charge in [-0.15, -0.1) is 0 Å².